The van der Waals surface area contributed by atoms with Gasteiger partial charge >= 0.3 is 0 Å². The van der Waals surface area contributed by atoms with Gasteiger partial charge in [0.1, 0.15) is 5.69 Å². The van der Waals surface area contributed by atoms with Crippen LogP contribution in [0.4, 0.5) is 11.4 Å². The van der Waals surface area contributed by atoms with Crippen molar-refractivity contribution in [2.75, 3.05) is 25.5 Å². The highest BCUT2D eigenvalue weighted by Crippen LogP contribution is 2.25. The molecule has 92 valence electrons. The van der Waals surface area contributed by atoms with Crippen molar-refractivity contribution < 1.29 is 4.92 Å². The van der Waals surface area contributed by atoms with E-state index in [0.29, 0.717) is 11.7 Å². The topological polar surface area (TPSA) is 58.4 Å². The van der Waals surface area contributed by atoms with Crippen LogP contribution in [0.25, 0.3) is 0 Å². The molecule has 1 aliphatic heterocycles. The van der Waals surface area contributed by atoms with E-state index in [1.807, 2.05) is 6.07 Å². The summed E-state index contributed by atoms with van der Waals surface area (Å²) in [6, 6.07) is 7.17. The van der Waals surface area contributed by atoms with Crippen LogP contribution in [-0.4, -0.2) is 36.0 Å². The third-order valence-corrected chi connectivity index (χ3v) is 3.18. The summed E-state index contributed by atoms with van der Waals surface area (Å²) >= 11 is 0. The van der Waals surface area contributed by atoms with E-state index in [2.05, 4.69) is 17.3 Å². The number of para-hydroxylation sites is 2. The van der Waals surface area contributed by atoms with E-state index in [9.17, 15) is 10.1 Å². The average molecular weight is 235 g/mol. The number of hydrogen-bond acceptors (Lipinski definition) is 4. The molecule has 5 heteroatoms. The highest BCUT2D eigenvalue weighted by molar-refractivity contribution is 5.61. The van der Waals surface area contributed by atoms with Crippen LogP contribution in [0.1, 0.15) is 12.8 Å². The maximum absolute atomic E-state index is 10.9. The van der Waals surface area contributed by atoms with Crippen LogP contribution >= 0.6 is 0 Å². The summed E-state index contributed by atoms with van der Waals surface area (Å²) in [5.74, 6) is 0. The Labute approximate surface area is 101 Å². The molecular formula is C12H17N3O2. The number of nitro benzene ring substituents is 1. The summed E-state index contributed by atoms with van der Waals surface area (Å²) in [5.41, 5.74) is 0.790. The Kier molecular flexibility index (Phi) is 3.58. The quantitative estimate of drug-likeness (QED) is 0.644. The van der Waals surface area contributed by atoms with Crippen molar-refractivity contribution in [3.63, 3.8) is 0 Å². The van der Waals surface area contributed by atoms with Crippen molar-refractivity contribution >= 4 is 11.4 Å². The van der Waals surface area contributed by atoms with Gasteiger partial charge in [-0.25, -0.2) is 0 Å². The minimum absolute atomic E-state index is 0.159. The van der Waals surface area contributed by atoms with Crippen LogP contribution < -0.4 is 5.32 Å². The van der Waals surface area contributed by atoms with Crippen molar-refractivity contribution in [1.29, 1.82) is 0 Å². The largest absolute Gasteiger partial charge is 0.377 e. The van der Waals surface area contributed by atoms with Gasteiger partial charge in [-0.2, -0.15) is 0 Å². The second kappa shape index (κ2) is 5.14. The Bertz CT molecular complexity index is 400. The number of anilines is 1. The monoisotopic (exact) mass is 235 g/mol. The molecule has 0 bridgehead atoms. The lowest BCUT2D eigenvalue weighted by Crippen LogP contribution is -2.36. The van der Waals surface area contributed by atoms with Gasteiger partial charge in [0, 0.05) is 12.1 Å². The van der Waals surface area contributed by atoms with E-state index in [-0.39, 0.29) is 10.6 Å². The minimum Gasteiger partial charge on any atom is -0.377 e. The standard InChI is InChI=1S/C12H17N3O2/c1-14-8-6-10(7-9-14)13-11-4-2-3-5-12(11)15(16)17/h2-5,10,13H,6-9H2,1H3. The zero-order valence-electron chi connectivity index (χ0n) is 9.93. The Morgan fingerprint density at radius 2 is 2.00 bits per heavy atom. The molecule has 1 aromatic rings. The van der Waals surface area contributed by atoms with Crippen molar-refractivity contribution in [2.24, 2.45) is 0 Å². The van der Waals surface area contributed by atoms with E-state index < -0.39 is 0 Å². The first-order chi connectivity index (χ1) is 8.16. The van der Waals surface area contributed by atoms with Crippen molar-refractivity contribution in [1.82, 2.24) is 4.90 Å². The van der Waals surface area contributed by atoms with Crippen LogP contribution in [0, 0.1) is 10.1 Å². The highest BCUT2D eigenvalue weighted by Gasteiger charge is 2.19. The van der Waals surface area contributed by atoms with Gasteiger partial charge in [0.15, 0.2) is 0 Å². The third-order valence-electron chi connectivity index (χ3n) is 3.18. The molecule has 1 aliphatic rings. The predicted molar refractivity (Wildman–Crippen MR) is 67.2 cm³/mol. The molecule has 0 aromatic heterocycles. The maximum Gasteiger partial charge on any atom is 0.292 e. The number of nitro groups is 1. The smallest absolute Gasteiger partial charge is 0.292 e. The average Bonchev–Trinajstić information content (AvgIpc) is 2.32. The number of likely N-dealkylation sites (tertiary alicyclic amines) is 1. The molecule has 1 fully saturated rings. The van der Waals surface area contributed by atoms with Crippen molar-refractivity contribution in [2.45, 2.75) is 18.9 Å². The van der Waals surface area contributed by atoms with Crippen LogP contribution in [0.2, 0.25) is 0 Å². The Hall–Kier alpha value is -1.62. The van der Waals surface area contributed by atoms with E-state index in [0.717, 1.165) is 25.9 Å². The van der Waals surface area contributed by atoms with Gasteiger partial charge in [0.2, 0.25) is 0 Å². The van der Waals surface area contributed by atoms with Crippen molar-refractivity contribution in [3.8, 4) is 0 Å². The molecule has 0 unspecified atom stereocenters. The van der Waals surface area contributed by atoms with Gasteiger partial charge in [-0.05, 0) is 39.0 Å². The summed E-state index contributed by atoms with van der Waals surface area (Å²) in [6.07, 6.45) is 2.06. The van der Waals surface area contributed by atoms with E-state index >= 15 is 0 Å². The van der Waals surface area contributed by atoms with E-state index in [1.165, 1.54) is 6.07 Å². The Balaban J connectivity index is 2.05. The first-order valence-electron chi connectivity index (χ1n) is 5.85. The molecule has 1 N–H and O–H groups in total. The number of rotatable bonds is 3. The van der Waals surface area contributed by atoms with Crippen LogP contribution in [-0.2, 0) is 0 Å². The van der Waals surface area contributed by atoms with Gasteiger partial charge in [0.25, 0.3) is 5.69 Å². The zero-order valence-corrected chi connectivity index (χ0v) is 9.93. The van der Waals surface area contributed by atoms with Crippen molar-refractivity contribution in [3.05, 3.63) is 34.4 Å². The lowest BCUT2D eigenvalue weighted by Gasteiger charge is -2.29. The minimum atomic E-state index is -0.336. The molecule has 0 amide bonds. The van der Waals surface area contributed by atoms with Gasteiger partial charge < -0.3 is 10.2 Å². The number of nitrogens with zero attached hydrogens (tertiary/aromatic N) is 2. The third kappa shape index (κ3) is 2.94. The summed E-state index contributed by atoms with van der Waals surface area (Å²) in [6.45, 7) is 2.08. The van der Waals surface area contributed by atoms with Crippen LogP contribution in [0.3, 0.4) is 0 Å². The number of hydrogen-bond donors (Lipinski definition) is 1. The molecule has 1 aromatic carbocycles. The number of benzene rings is 1. The maximum atomic E-state index is 10.9. The molecule has 2 rings (SSSR count). The highest BCUT2D eigenvalue weighted by atomic mass is 16.6. The second-order valence-electron chi connectivity index (χ2n) is 4.50. The summed E-state index contributed by atoms with van der Waals surface area (Å²) in [4.78, 5) is 12.8. The number of piperidine rings is 1. The van der Waals surface area contributed by atoms with Gasteiger partial charge in [-0.15, -0.1) is 0 Å². The van der Waals surface area contributed by atoms with Gasteiger partial charge in [-0.3, -0.25) is 10.1 Å². The van der Waals surface area contributed by atoms with E-state index in [1.54, 1.807) is 12.1 Å². The van der Waals surface area contributed by atoms with Gasteiger partial charge in [0.05, 0.1) is 4.92 Å². The molecule has 5 nitrogen and oxygen atoms in total. The molecule has 0 spiro atoms. The first-order valence-corrected chi connectivity index (χ1v) is 5.85. The molecule has 0 radical (unpaired) electrons. The summed E-state index contributed by atoms with van der Waals surface area (Å²) in [7, 11) is 2.10. The molecule has 17 heavy (non-hydrogen) atoms. The van der Waals surface area contributed by atoms with E-state index in [4.69, 9.17) is 0 Å². The Morgan fingerprint density at radius 3 is 2.65 bits per heavy atom. The lowest BCUT2D eigenvalue weighted by atomic mass is 10.1. The molecule has 1 heterocycles. The van der Waals surface area contributed by atoms with Gasteiger partial charge in [-0.1, -0.05) is 12.1 Å². The summed E-state index contributed by atoms with van der Waals surface area (Å²) < 4.78 is 0. The molecule has 1 saturated heterocycles. The Morgan fingerprint density at radius 1 is 1.35 bits per heavy atom. The van der Waals surface area contributed by atoms with Crippen LogP contribution in [0.5, 0.6) is 0 Å². The second-order valence-corrected chi connectivity index (χ2v) is 4.50. The molecule has 0 atom stereocenters. The molecule has 0 aliphatic carbocycles. The number of nitrogens with one attached hydrogen (secondary N) is 1. The zero-order chi connectivity index (χ0) is 12.3. The normalized spacial score (nSPS) is 17.9. The summed E-state index contributed by atoms with van der Waals surface area (Å²) in [5, 5.41) is 14.2. The molecule has 0 saturated carbocycles. The first kappa shape index (κ1) is 11.9. The fraction of sp³-hybridized carbons (Fsp3) is 0.500. The lowest BCUT2D eigenvalue weighted by molar-refractivity contribution is -0.384. The SMILES string of the molecule is CN1CCC(Nc2ccccc2[N+](=O)[O-])CC1. The van der Waals surface area contributed by atoms with Crippen LogP contribution in [0.15, 0.2) is 24.3 Å². The fourth-order valence-corrected chi connectivity index (χ4v) is 2.13. The fourth-order valence-electron chi connectivity index (χ4n) is 2.13. The molecular weight excluding hydrogens is 218 g/mol. The predicted octanol–water partition coefficient (Wildman–Crippen LogP) is 2.10.